The molecule has 0 fully saturated rings. The second-order valence-corrected chi connectivity index (χ2v) is 7.93. The number of hydrogen-bond acceptors (Lipinski definition) is 4. The molecule has 0 radical (unpaired) electrons. The normalized spacial score (nSPS) is 21.6. The van der Waals surface area contributed by atoms with Crippen molar-refractivity contribution in [1.29, 1.82) is 0 Å². The Hall–Kier alpha value is -2.76. The number of nitrogens with zero attached hydrogens (tertiary/aromatic N) is 3. The van der Waals surface area contributed by atoms with Gasteiger partial charge >= 0.3 is 0 Å². The predicted octanol–water partition coefficient (Wildman–Crippen LogP) is 4.50. The van der Waals surface area contributed by atoms with E-state index in [1.165, 1.54) is 0 Å². The van der Waals surface area contributed by atoms with Crippen molar-refractivity contribution in [2.24, 2.45) is 21.2 Å². The molecule has 0 bridgehead atoms. The molecule has 0 saturated carbocycles. The average Bonchev–Trinajstić information content (AvgIpc) is 2.95. The third-order valence-corrected chi connectivity index (χ3v) is 4.89. The van der Waals surface area contributed by atoms with Crippen molar-refractivity contribution in [2.45, 2.75) is 27.7 Å². The van der Waals surface area contributed by atoms with Crippen LogP contribution < -0.4 is 10.6 Å². The number of aliphatic imine (C=N–C) groups is 2. The Balaban J connectivity index is 1.82. The monoisotopic (exact) mass is 361 g/mol. The van der Waals surface area contributed by atoms with Crippen LogP contribution in [0.4, 0.5) is 0 Å². The van der Waals surface area contributed by atoms with Crippen LogP contribution >= 0.6 is 0 Å². The van der Waals surface area contributed by atoms with Crippen LogP contribution in [-0.2, 0) is 0 Å². The van der Waals surface area contributed by atoms with E-state index >= 15 is 0 Å². The lowest BCUT2D eigenvalue weighted by Crippen LogP contribution is -2.53. The Morgan fingerprint density at radius 3 is 2.56 bits per heavy atom. The summed E-state index contributed by atoms with van der Waals surface area (Å²) in [5.41, 5.74) is 2.78. The van der Waals surface area contributed by atoms with E-state index in [1.54, 1.807) is 6.20 Å². The van der Waals surface area contributed by atoms with Gasteiger partial charge in [0, 0.05) is 5.41 Å². The molecule has 2 N–H and O–H groups in total. The van der Waals surface area contributed by atoms with Gasteiger partial charge in [0.1, 0.15) is 17.6 Å². The van der Waals surface area contributed by atoms with Crippen LogP contribution in [0.25, 0.3) is 10.8 Å². The molecule has 5 heteroatoms. The highest BCUT2D eigenvalue weighted by Crippen LogP contribution is 2.39. The van der Waals surface area contributed by atoms with Gasteiger partial charge in [-0.25, -0.2) is 0 Å². The molecule has 27 heavy (non-hydrogen) atoms. The zero-order valence-corrected chi connectivity index (χ0v) is 16.2. The summed E-state index contributed by atoms with van der Waals surface area (Å²) in [6.45, 7) is 9.09. The van der Waals surface area contributed by atoms with Gasteiger partial charge in [-0.05, 0) is 42.0 Å². The van der Waals surface area contributed by atoms with Crippen LogP contribution in [-0.4, -0.2) is 23.2 Å². The highest BCUT2D eigenvalue weighted by atomic mass is 16.5. The molecule has 4 rings (SSSR count). The first-order chi connectivity index (χ1) is 12.8. The largest absolute Gasteiger partial charge is 0.494 e. The maximum atomic E-state index is 6.79. The van der Waals surface area contributed by atoms with Gasteiger partial charge in [-0.15, -0.1) is 4.59 Å². The Morgan fingerprint density at radius 1 is 1.07 bits per heavy atom. The van der Waals surface area contributed by atoms with E-state index in [-0.39, 0.29) is 10.0 Å². The summed E-state index contributed by atoms with van der Waals surface area (Å²) in [6, 6.07) is 12.4. The van der Waals surface area contributed by atoms with Crippen LogP contribution in [0.3, 0.4) is 0 Å². The molecule has 2 aliphatic heterocycles. The lowest BCUT2D eigenvalue weighted by molar-refractivity contribution is -0.750. The van der Waals surface area contributed by atoms with Crippen LogP contribution in [0.2, 0.25) is 0 Å². The molecule has 2 aliphatic rings. The molecule has 2 heterocycles. The fourth-order valence-corrected chi connectivity index (χ4v) is 3.55. The summed E-state index contributed by atoms with van der Waals surface area (Å²) in [6.07, 6.45) is 5.45. The minimum absolute atomic E-state index is 0.0542. The summed E-state index contributed by atoms with van der Waals surface area (Å²) >= 11 is 0. The smallest absolute Gasteiger partial charge is 0.264 e. The van der Waals surface area contributed by atoms with Gasteiger partial charge in [-0.1, -0.05) is 32.9 Å². The fourth-order valence-electron chi connectivity index (χ4n) is 3.55. The third-order valence-electron chi connectivity index (χ3n) is 4.89. The van der Waals surface area contributed by atoms with Gasteiger partial charge in [-0.2, -0.15) is 10.8 Å². The van der Waals surface area contributed by atoms with Crippen molar-refractivity contribution in [2.75, 3.05) is 6.61 Å². The van der Waals surface area contributed by atoms with Gasteiger partial charge < -0.3 is 4.74 Å². The third kappa shape index (κ3) is 2.89. The number of nitrogens with two attached hydrogens (primary N) is 1. The van der Waals surface area contributed by atoms with Crippen LogP contribution in [0.5, 0.6) is 5.75 Å². The second kappa shape index (κ2) is 6.15. The Morgan fingerprint density at radius 2 is 1.81 bits per heavy atom. The van der Waals surface area contributed by atoms with Crippen molar-refractivity contribution >= 4 is 22.8 Å². The van der Waals surface area contributed by atoms with Crippen LogP contribution in [0, 0.1) is 5.41 Å². The van der Waals surface area contributed by atoms with Gasteiger partial charge in [0.25, 0.3) is 5.84 Å². The van der Waals surface area contributed by atoms with E-state index in [1.807, 2.05) is 25.4 Å². The van der Waals surface area contributed by atoms with Crippen molar-refractivity contribution in [3.05, 3.63) is 65.8 Å². The summed E-state index contributed by atoms with van der Waals surface area (Å²) in [4.78, 5) is 9.26. The summed E-state index contributed by atoms with van der Waals surface area (Å²) < 4.78 is 5.66. The van der Waals surface area contributed by atoms with E-state index in [2.05, 4.69) is 56.1 Å². The second-order valence-electron chi connectivity index (χ2n) is 7.93. The fraction of sp³-hybridized carbons (Fsp3) is 0.273. The molecule has 2 aromatic carbocycles. The first-order valence-electron chi connectivity index (χ1n) is 9.23. The standard InChI is InChI=1S/C22H25N4O/c1-5-27-18-9-8-15-12-17(7-6-16(15)13-18)21-25-20(22(2,3)4)19-14-24-10-11-26(19,21)23/h6-14H,5,23H2,1-4H3/q+1. The maximum absolute atomic E-state index is 6.79. The number of fused-ring (bicyclic) bond motifs is 2. The van der Waals surface area contributed by atoms with E-state index in [9.17, 15) is 0 Å². The summed E-state index contributed by atoms with van der Waals surface area (Å²) in [7, 11) is 0. The van der Waals surface area contributed by atoms with E-state index in [0.29, 0.717) is 6.61 Å². The molecule has 0 aromatic heterocycles. The van der Waals surface area contributed by atoms with Gasteiger partial charge in [0.2, 0.25) is 5.70 Å². The number of rotatable bonds is 3. The molecule has 0 amide bonds. The molecule has 138 valence electrons. The Bertz CT molecular complexity index is 1040. The molecule has 2 aromatic rings. The lowest BCUT2D eigenvalue weighted by atomic mass is 9.91. The minimum Gasteiger partial charge on any atom is -0.494 e. The van der Waals surface area contributed by atoms with Crippen LogP contribution in [0.15, 0.2) is 70.2 Å². The first kappa shape index (κ1) is 17.6. The van der Waals surface area contributed by atoms with Gasteiger partial charge in [0.15, 0.2) is 0 Å². The highest BCUT2D eigenvalue weighted by molar-refractivity contribution is 6.03. The van der Waals surface area contributed by atoms with Crippen molar-refractivity contribution in [3.63, 3.8) is 0 Å². The predicted molar refractivity (Wildman–Crippen MR) is 110 cm³/mol. The zero-order chi connectivity index (χ0) is 19.2. The first-order valence-corrected chi connectivity index (χ1v) is 9.23. The molecule has 1 unspecified atom stereocenters. The van der Waals surface area contributed by atoms with Crippen molar-refractivity contribution in [1.82, 2.24) is 0 Å². The van der Waals surface area contributed by atoms with E-state index in [0.717, 1.165) is 39.3 Å². The quantitative estimate of drug-likeness (QED) is 0.646. The summed E-state index contributed by atoms with van der Waals surface area (Å²) in [5.74, 6) is 8.48. The highest BCUT2D eigenvalue weighted by Gasteiger charge is 2.46. The minimum atomic E-state index is -0.125. The lowest BCUT2D eigenvalue weighted by Gasteiger charge is -2.27. The van der Waals surface area contributed by atoms with Crippen molar-refractivity contribution in [3.8, 4) is 5.75 Å². The molecule has 0 saturated heterocycles. The van der Waals surface area contributed by atoms with Crippen LogP contribution in [0.1, 0.15) is 33.3 Å². The van der Waals surface area contributed by atoms with E-state index in [4.69, 9.17) is 15.6 Å². The molecule has 5 nitrogen and oxygen atoms in total. The van der Waals surface area contributed by atoms with E-state index < -0.39 is 0 Å². The SMILES string of the molecule is CCOc1ccc2cc(C3=NC(C(C)(C)C)=C4C=NC=C[N+]34N)ccc2c1. The maximum Gasteiger partial charge on any atom is 0.264 e. The number of allylic oxidation sites excluding steroid dienone is 2. The van der Waals surface area contributed by atoms with Gasteiger partial charge in [0.05, 0.1) is 24.6 Å². The average molecular weight is 361 g/mol. The number of amidine groups is 1. The van der Waals surface area contributed by atoms with Gasteiger partial charge in [-0.3, -0.25) is 4.99 Å². The molecular weight excluding hydrogens is 336 g/mol. The molecule has 0 aliphatic carbocycles. The Kier molecular flexibility index (Phi) is 4.02. The molecular formula is C22H25N4O+. The number of benzene rings is 2. The van der Waals surface area contributed by atoms with Crippen molar-refractivity contribution < 1.29 is 9.33 Å². The topological polar surface area (TPSA) is 60.0 Å². The summed E-state index contributed by atoms with van der Waals surface area (Å²) in [5, 5.41) is 2.26. The molecule has 0 spiro atoms. The number of quaternary nitrogens is 1. The zero-order valence-electron chi connectivity index (χ0n) is 16.2. The molecule has 1 atom stereocenters. The Labute approximate surface area is 159 Å². The number of hydrogen-bond donors (Lipinski definition) is 1. The number of ether oxygens (including phenoxy) is 1.